The summed E-state index contributed by atoms with van der Waals surface area (Å²) in [5.41, 5.74) is 0.518. The SMILES string of the molecule is CC(C)NC(=O)CCCC(=O)Nc1cccc(OCC(=O)O)c1. The van der Waals surface area contributed by atoms with Crippen molar-refractivity contribution in [2.24, 2.45) is 0 Å². The number of hydrogen-bond donors (Lipinski definition) is 3. The van der Waals surface area contributed by atoms with Crippen LogP contribution in [0.3, 0.4) is 0 Å². The molecular weight excluding hydrogens is 300 g/mol. The Balaban J connectivity index is 2.37. The summed E-state index contributed by atoms with van der Waals surface area (Å²) >= 11 is 0. The first kappa shape index (κ1) is 18.5. The lowest BCUT2D eigenvalue weighted by atomic mass is 10.2. The second-order valence-corrected chi connectivity index (χ2v) is 5.33. The lowest BCUT2D eigenvalue weighted by Gasteiger charge is -2.09. The van der Waals surface area contributed by atoms with Crippen LogP contribution in [0, 0.1) is 0 Å². The fraction of sp³-hybridized carbons (Fsp3) is 0.438. The minimum atomic E-state index is -1.07. The summed E-state index contributed by atoms with van der Waals surface area (Å²) in [6, 6.07) is 6.57. The van der Waals surface area contributed by atoms with E-state index >= 15 is 0 Å². The second-order valence-electron chi connectivity index (χ2n) is 5.33. The molecular formula is C16H22N2O5. The van der Waals surface area contributed by atoms with Crippen molar-refractivity contribution in [2.45, 2.75) is 39.2 Å². The zero-order valence-corrected chi connectivity index (χ0v) is 13.3. The maximum Gasteiger partial charge on any atom is 0.341 e. The quantitative estimate of drug-likeness (QED) is 0.643. The van der Waals surface area contributed by atoms with Crippen molar-refractivity contribution < 1.29 is 24.2 Å². The summed E-state index contributed by atoms with van der Waals surface area (Å²) in [6.45, 7) is 3.32. The summed E-state index contributed by atoms with van der Waals surface area (Å²) in [7, 11) is 0. The minimum absolute atomic E-state index is 0.0723. The minimum Gasteiger partial charge on any atom is -0.482 e. The Morgan fingerprint density at radius 3 is 2.52 bits per heavy atom. The molecule has 0 bridgehead atoms. The van der Waals surface area contributed by atoms with Gasteiger partial charge in [0.15, 0.2) is 6.61 Å². The van der Waals surface area contributed by atoms with E-state index in [0.29, 0.717) is 24.3 Å². The van der Waals surface area contributed by atoms with Crippen LogP contribution in [-0.4, -0.2) is 35.5 Å². The van der Waals surface area contributed by atoms with E-state index in [1.54, 1.807) is 24.3 Å². The van der Waals surface area contributed by atoms with E-state index in [1.807, 2.05) is 13.8 Å². The molecule has 1 aromatic carbocycles. The van der Waals surface area contributed by atoms with E-state index in [4.69, 9.17) is 9.84 Å². The third kappa shape index (κ3) is 8.45. The van der Waals surface area contributed by atoms with Gasteiger partial charge >= 0.3 is 5.97 Å². The molecule has 0 heterocycles. The Morgan fingerprint density at radius 2 is 1.87 bits per heavy atom. The number of amides is 2. The number of aliphatic carboxylic acids is 1. The Hall–Kier alpha value is -2.57. The summed E-state index contributed by atoms with van der Waals surface area (Å²) in [4.78, 5) is 33.7. The fourth-order valence-corrected chi connectivity index (χ4v) is 1.84. The molecule has 0 aliphatic carbocycles. The number of ether oxygens (including phenoxy) is 1. The van der Waals surface area contributed by atoms with E-state index in [1.165, 1.54) is 0 Å². The molecule has 0 aliphatic heterocycles. The first-order chi connectivity index (χ1) is 10.9. The molecule has 0 fully saturated rings. The zero-order valence-electron chi connectivity index (χ0n) is 13.3. The van der Waals surface area contributed by atoms with Gasteiger partial charge in [0.1, 0.15) is 5.75 Å². The van der Waals surface area contributed by atoms with Gasteiger partial charge in [0.2, 0.25) is 11.8 Å². The third-order valence-electron chi connectivity index (χ3n) is 2.74. The van der Waals surface area contributed by atoms with Crippen molar-refractivity contribution in [3.8, 4) is 5.75 Å². The van der Waals surface area contributed by atoms with Gasteiger partial charge in [0.05, 0.1) is 0 Å². The third-order valence-corrected chi connectivity index (χ3v) is 2.74. The number of nitrogens with one attached hydrogen (secondary N) is 2. The van der Waals surface area contributed by atoms with Gasteiger partial charge in [0.25, 0.3) is 0 Å². The Bertz CT molecular complexity index is 557. The highest BCUT2D eigenvalue weighted by atomic mass is 16.5. The monoisotopic (exact) mass is 322 g/mol. The van der Waals surface area contributed by atoms with Crippen molar-refractivity contribution in [1.82, 2.24) is 5.32 Å². The van der Waals surface area contributed by atoms with Gasteiger partial charge in [-0.1, -0.05) is 6.07 Å². The molecule has 0 spiro atoms. The topological polar surface area (TPSA) is 105 Å². The lowest BCUT2D eigenvalue weighted by Crippen LogP contribution is -2.30. The van der Waals surface area contributed by atoms with Gasteiger partial charge in [-0.3, -0.25) is 9.59 Å². The number of benzene rings is 1. The number of anilines is 1. The van der Waals surface area contributed by atoms with Gasteiger partial charge in [-0.25, -0.2) is 4.79 Å². The van der Waals surface area contributed by atoms with E-state index in [9.17, 15) is 14.4 Å². The predicted octanol–water partition coefficient (Wildman–Crippen LogP) is 1.78. The second kappa shape index (κ2) is 9.45. The molecule has 1 rings (SSSR count). The number of carboxylic acids is 1. The van der Waals surface area contributed by atoms with Gasteiger partial charge in [-0.15, -0.1) is 0 Å². The molecule has 1 aromatic rings. The van der Waals surface area contributed by atoms with Crippen molar-refractivity contribution in [3.05, 3.63) is 24.3 Å². The maximum absolute atomic E-state index is 11.8. The average Bonchev–Trinajstić information content (AvgIpc) is 2.44. The summed E-state index contributed by atoms with van der Waals surface area (Å²) in [5, 5.41) is 14.0. The highest BCUT2D eigenvalue weighted by molar-refractivity contribution is 5.91. The van der Waals surface area contributed by atoms with E-state index in [-0.39, 0.29) is 24.3 Å². The fourth-order valence-electron chi connectivity index (χ4n) is 1.84. The van der Waals surface area contributed by atoms with Crippen molar-refractivity contribution in [2.75, 3.05) is 11.9 Å². The molecule has 23 heavy (non-hydrogen) atoms. The number of carbonyl (C=O) groups excluding carboxylic acids is 2. The van der Waals surface area contributed by atoms with Gasteiger partial charge < -0.3 is 20.5 Å². The Kier molecular flexibility index (Phi) is 7.59. The van der Waals surface area contributed by atoms with Gasteiger partial charge in [-0.2, -0.15) is 0 Å². The molecule has 7 nitrogen and oxygen atoms in total. The number of carbonyl (C=O) groups is 3. The molecule has 7 heteroatoms. The smallest absolute Gasteiger partial charge is 0.341 e. The molecule has 0 saturated heterocycles. The van der Waals surface area contributed by atoms with E-state index < -0.39 is 12.6 Å². The first-order valence-electron chi connectivity index (χ1n) is 7.40. The normalized spacial score (nSPS) is 10.2. The van der Waals surface area contributed by atoms with Crippen molar-refractivity contribution >= 4 is 23.5 Å². The zero-order chi connectivity index (χ0) is 17.2. The van der Waals surface area contributed by atoms with Crippen LogP contribution in [0.25, 0.3) is 0 Å². The van der Waals surface area contributed by atoms with Crippen LogP contribution in [0.15, 0.2) is 24.3 Å². The molecule has 0 saturated carbocycles. The average molecular weight is 322 g/mol. The van der Waals surface area contributed by atoms with Crippen LogP contribution in [0.1, 0.15) is 33.1 Å². The van der Waals surface area contributed by atoms with Gasteiger partial charge in [-0.05, 0) is 32.4 Å². The maximum atomic E-state index is 11.8. The molecule has 0 radical (unpaired) electrons. The molecule has 0 atom stereocenters. The number of carboxylic acid groups (broad SMARTS) is 1. The Morgan fingerprint density at radius 1 is 1.17 bits per heavy atom. The highest BCUT2D eigenvalue weighted by Crippen LogP contribution is 2.17. The molecule has 126 valence electrons. The number of hydrogen-bond acceptors (Lipinski definition) is 4. The molecule has 0 aliphatic rings. The van der Waals surface area contributed by atoms with Crippen LogP contribution in [0.2, 0.25) is 0 Å². The molecule has 0 unspecified atom stereocenters. The van der Waals surface area contributed by atoms with Crippen LogP contribution in [0.5, 0.6) is 5.75 Å². The van der Waals surface area contributed by atoms with E-state index in [2.05, 4.69) is 10.6 Å². The van der Waals surface area contributed by atoms with Crippen LogP contribution >= 0.6 is 0 Å². The standard InChI is InChI=1S/C16H22N2O5/c1-11(2)17-14(19)7-4-8-15(20)18-12-5-3-6-13(9-12)23-10-16(21)22/h3,5-6,9,11H,4,7-8,10H2,1-2H3,(H,17,19)(H,18,20)(H,21,22). The van der Waals surface area contributed by atoms with E-state index in [0.717, 1.165) is 0 Å². The molecule has 3 N–H and O–H groups in total. The summed E-state index contributed by atoms with van der Waals surface area (Å²) in [6.07, 6.45) is 0.985. The summed E-state index contributed by atoms with van der Waals surface area (Å²) < 4.78 is 5.04. The van der Waals surface area contributed by atoms with Crippen LogP contribution in [-0.2, 0) is 14.4 Å². The molecule has 0 aromatic heterocycles. The lowest BCUT2D eigenvalue weighted by molar-refractivity contribution is -0.139. The van der Waals surface area contributed by atoms with Crippen LogP contribution in [0.4, 0.5) is 5.69 Å². The predicted molar refractivity (Wildman–Crippen MR) is 85.3 cm³/mol. The van der Waals surface area contributed by atoms with Gasteiger partial charge in [0, 0.05) is 30.6 Å². The highest BCUT2D eigenvalue weighted by Gasteiger charge is 2.07. The largest absolute Gasteiger partial charge is 0.482 e. The van der Waals surface area contributed by atoms with Crippen molar-refractivity contribution in [1.29, 1.82) is 0 Å². The first-order valence-corrected chi connectivity index (χ1v) is 7.40. The summed E-state index contributed by atoms with van der Waals surface area (Å²) in [5.74, 6) is -0.991. The Labute approximate surface area is 135 Å². The van der Waals surface area contributed by atoms with Crippen molar-refractivity contribution in [3.63, 3.8) is 0 Å². The number of rotatable bonds is 9. The van der Waals surface area contributed by atoms with Crippen LogP contribution < -0.4 is 15.4 Å². The molecule has 2 amide bonds.